The molecule has 2 aromatic rings. The zero-order valence-corrected chi connectivity index (χ0v) is 8.71. The fourth-order valence-corrected chi connectivity index (χ4v) is 1.46. The van der Waals surface area contributed by atoms with Crippen LogP contribution in [-0.4, -0.2) is 23.4 Å². The summed E-state index contributed by atoms with van der Waals surface area (Å²) < 4.78 is 5.19. The Morgan fingerprint density at radius 1 is 1.38 bits per heavy atom. The number of aromatic nitrogens is 2. The summed E-state index contributed by atoms with van der Waals surface area (Å²) in [6, 6.07) is 5.46. The molecule has 0 radical (unpaired) electrons. The molecule has 4 N–H and O–H groups in total. The Kier molecular flexibility index (Phi) is 2.55. The molecule has 0 fully saturated rings. The van der Waals surface area contributed by atoms with E-state index in [-0.39, 0.29) is 5.95 Å². The Balaban J connectivity index is 2.82. The summed E-state index contributed by atoms with van der Waals surface area (Å²) in [4.78, 5) is 12.1. The lowest BCUT2D eigenvalue weighted by Crippen LogP contribution is -1.98. The van der Waals surface area contributed by atoms with Crippen LogP contribution in [0, 0.1) is 0 Å². The van der Waals surface area contributed by atoms with Gasteiger partial charge in [0.15, 0.2) is 5.82 Å². The molecule has 0 aliphatic carbocycles. The van der Waals surface area contributed by atoms with E-state index < -0.39 is 0 Å². The zero-order chi connectivity index (χ0) is 11.5. The molecule has 0 saturated carbocycles. The SMILES string of the molecule is COc1cccc2c(N=CN)nc(N)nc12. The Hall–Kier alpha value is -2.37. The van der Waals surface area contributed by atoms with Gasteiger partial charge in [-0.15, -0.1) is 0 Å². The molecule has 1 heterocycles. The second-order valence-electron chi connectivity index (χ2n) is 3.04. The van der Waals surface area contributed by atoms with Crippen molar-refractivity contribution in [1.82, 2.24) is 9.97 Å². The highest BCUT2D eigenvalue weighted by Gasteiger charge is 2.08. The highest BCUT2D eigenvalue weighted by molar-refractivity contribution is 5.93. The molecule has 82 valence electrons. The minimum atomic E-state index is 0.137. The molecule has 1 aromatic heterocycles. The number of fused-ring (bicyclic) bond motifs is 1. The van der Waals surface area contributed by atoms with Crippen molar-refractivity contribution in [3.8, 4) is 5.75 Å². The number of ether oxygens (including phenoxy) is 1. The van der Waals surface area contributed by atoms with Crippen molar-refractivity contribution in [2.45, 2.75) is 0 Å². The number of hydrogen-bond acceptors (Lipinski definition) is 5. The van der Waals surface area contributed by atoms with Gasteiger partial charge in [-0.1, -0.05) is 6.07 Å². The number of nitrogen functional groups attached to an aromatic ring is 1. The van der Waals surface area contributed by atoms with Crippen LogP contribution in [0.5, 0.6) is 5.75 Å². The fraction of sp³-hybridized carbons (Fsp3) is 0.100. The average molecular weight is 217 g/mol. The van der Waals surface area contributed by atoms with E-state index in [1.54, 1.807) is 13.2 Å². The van der Waals surface area contributed by atoms with Crippen LogP contribution in [-0.2, 0) is 0 Å². The molecule has 0 aliphatic heterocycles. The van der Waals surface area contributed by atoms with Crippen LogP contribution in [0.1, 0.15) is 0 Å². The van der Waals surface area contributed by atoms with Gasteiger partial charge in [0.05, 0.1) is 13.4 Å². The number of nitrogens with two attached hydrogens (primary N) is 2. The average Bonchev–Trinajstić information content (AvgIpc) is 2.28. The molecule has 6 heteroatoms. The molecule has 0 amide bonds. The van der Waals surface area contributed by atoms with Crippen molar-refractivity contribution in [3.05, 3.63) is 18.2 Å². The predicted octanol–water partition coefficient (Wildman–Crippen LogP) is 0.839. The molecule has 0 bridgehead atoms. The van der Waals surface area contributed by atoms with Crippen LogP contribution >= 0.6 is 0 Å². The molecular formula is C10H11N5O. The second-order valence-corrected chi connectivity index (χ2v) is 3.04. The molecule has 0 saturated heterocycles. The van der Waals surface area contributed by atoms with Crippen LogP contribution in [0.2, 0.25) is 0 Å². The number of methoxy groups -OCH3 is 1. The Labute approximate surface area is 92.0 Å². The Bertz CT molecular complexity index is 552. The van der Waals surface area contributed by atoms with Gasteiger partial charge in [-0.25, -0.2) is 9.98 Å². The first kappa shape index (κ1) is 10.2. The summed E-state index contributed by atoms with van der Waals surface area (Å²) in [7, 11) is 1.57. The molecule has 0 aliphatic rings. The van der Waals surface area contributed by atoms with E-state index in [0.717, 1.165) is 5.39 Å². The van der Waals surface area contributed by atoms with Crippen molar-refractivity contribution in [1.29, 1.82) is 0 Å². The maximum Gasteiger partial charge on any atom is 0.222 e. The van der Waals surface area contributed by atoms with E-state index >= 15 is 0 Å². The minimum Gasteiger partial charge on any atom is -0.494 e. The molecule has 1 aromatic carbocycles. The first-order valence-corrected chi connectivity index (χ1v) is 4.60. The highest BCUT2D eigenvalue weighted by Crippen LogP contribution is 2.29. The molecule has 0 spiro atoms. The van der Waals surface area contributed by atoms with Gasteiger partial charge >= 0.3 is 0 Å². The molecule has 16 heavy (non-hydrogen) atoms. The van der Waals surface area contributed by atoms with E-state index in [0.29, 0.717) is 17.1 Å². The zero-order valence-electron chi connectivity index (χ0n) is 8.71. The maximum absolute atomic E-state index is 5.59. The van der Waals surface area contributed by atoms with Crippen molar-refractivity contribution in [2.24, 2.45) is 10.7 Å². The van der Waals surface area contributed by atoms with Gasteiger partial charge < -0.3 is 16.2 Å². The summed E-state index contributed by atoms with van der Waals surface area (Å²) in [6.45, 7) is 0. The molecule has 2 rings (SSSR count). The third kappa shape index (κ3) is 1.60. The van der Waals surface area contributed by atoms with Gasteiger partial charge in [-0.05, 0) is 12.1 Å². The number of aliphatic imine (C=N–C) groups is 1. The smallest absolute Gasteiger partial charge is 0.222 e. The quantitative estimate of drug-likeness (QED) is 0.573. The first-order valence-electron chi connectivity index (χ1n) is 4.60. The number of benzene rings is 1. The second kappa shape index (κ2) is 4.01. The number of para-hydroxylation sites is 1. The summed E-state index contributed by atoms with van der Waals surface area (Å²) in [6.07, 6.45) is 1.17. The number of rotatable bonds is 2. The lowest BCUT2D eigenvalue weighted by molar-refractivity contribution is 0.419. The van der Waals surface area contributed by atoms with Gasteiger partial charge in [0.1, 0.15) is 11.3 Å². The summed E-state index contributed by atoms with van der Waals surface area (Å²) >= 11 is 0. The lowest BCUT2D eigenvalue weighted by atomic mass is 10.2. The third-order valence-corrected chi connectivity index (χ3v) is 2.10. The van der Waals surface area contributed by atoms with Crippen LogP contribution in [0.25, 0.3) is 10.9 Å². The summed E-state index contributed by atoms with van der Waals surface area (Å²) in [5.74, 6) is 1.20. The summed E-state index contributed by atoms with van der Waals surface area (Å²) in [5.41, 5.74) is 11.5. The highest BCUT2D eigenvalue weighted by atomic mass is 16.5. The molecule has 0 atom stereocenters. The molecular weight excluding hydrogens is 206 g/mol. The van der Waals surface area contributed by atoms with Crippen LogP contribution in [0.4, 0.5) is 11.8 Å². The van der Waals surface area contributed by atoms with E-state index in [1.165, 1.54) is 6.34 Å². The monoisotopic (exact) mass is 217 g/mol. The van der Waals surface area contributed by atoms with Gasteiger partial charge in [0.2, 0.25) is 5.95 Å². The topological polar surface area (TPSA) is 99.4 Å². The predicted molar refractivity (Wildman–Crippen MR) is 62.8 cm³/mol. The van der Waals surface area contributed by atoms with Crippen LogP contribution in [0.15, 0.2) is 23.2 Å². The number of hydrogen-bond donors (Lipinski definition) is 2. The van der Waals surface area contributed by atoms with Crippen molar-refractivity contribution < 1.29 is 4.74 Å². The van der Waals surface area contributed by atoms with Gasteiger partial charge in [0, 0.05) is 5.39 Å². The van der Waals surface area contributed by atoms with Crippen LogP contribution < -0.4 is 16.2 Å². The number of nitrogens with zero attached hydrogens (tertiary/aromatic N) is 3. The van der Waals surface area contributed by atoms with Gasteiger partial charge in [0.25, 0.3) is 0 Å². The van der Waals surface area contributed by atoms with E-state index in [4.69, 9.17) is 16.2 Å². The third-order valence-electron chi connectivity index (χ3n) is 2.10. The van der Waals surface area contributed by atoms with E-state index in [9.17, 15) is 0 Å². The van der Waals surface area contributed by atoms with Gasteiger partial charge in [-0.2, -0.15) is 4.98 Å². The maximum atomic E-state index is 5.59. The lowest BCUT2D eigenvalue weighted by Gasteiger charge is -2.06. The molecule has 6 nitrogen and oxygen atoms in total. The summed E-state index contributed by atoms with van der Waals surface area (Å²) in [5, 5.41) is 0.746. The van der Waals surface area contributed by atoms with Crippen molar-refractivity contribution in [2.75, 3.05) is 12.8 Å². The Morgan fingerprint density at radius 3 is 2.88 bits per heavy atom. The standard InChI is InChI=1S/C10H11N5O/c1-16-7-4-2-3-6-8(7)14-10(12)15-9(6)13-5-11/h2-5H,1H3,(H4,11,12,13,14,15). The molecule has 0 unspecified atom stereocenters. The van der Waals surface area contributed by atoms with Crippen molar-refractivity contribution in [3.63, 3.8) is 0 Å². The fourth-order valence-electron chi connectivity index (χ4n) is 1.46. The largest absolute Gasteiger partial charge is 0.494 e. The first-order chi connectivity index (χ1) is 7.76. The van der Waals surface area contributed by atoms with E-state index in [2.05, 4.69) is 15.0 Å². The van der Waals surface area contributed by atoms with Gasteiger partial charge in [-0.3, -0.25) is 0 Å². The number of anilines is 1. The van der Waals surface area contributed by atoms with Crippen LogP contribution in [0.3, 0.4) is 0 Å². The van der Waals surface area contributed by atoms with Crippen molar-refractivity contribution >= 4 is 29.0 Å². The normalized spacial score (nSPS) is 11.1. The Morgan fingerprint density at radius 2 is 2.19 bits per heavy atom. The minimum absolute atomic E-state index is 0.137. The van der Waals surface area contributed by atoms with E-state index in [1.807, 2.05) is 12.1 Å².